The molecule has 8 nitrogen and oxygen atoms in total. The Morgan fingerprint density at radius 1 is 1.00 bits per heavy atom. The second-order valence-corrected chi connectivity index (χ2v) is 9.23. The minimum absolute atomic E-state index is 0.191. The lowest BCUT2D eigenvalue weighted by atomic mass is 10.0. The van der Waals surface area contributed by atoms with E-state index in [2.05, 4.69) is 5.32 Å². The van der Waals surface area contributed by atoms with Crippen molar-refractivity contribution >= 4 is 22.2 Å². The van der Waals surface area contributed by atoms with Crippen molar-refractivity contribution in [3.63, 3.8) is 0 Å². The summed E-state index contributed by atoms with van der Waals surface area (Å²) >= 11 is 0. The number of aliphatic carboxylic acids is 1. The molecular formula is C21H25NO7S. The summed E-state index contributed by atoms with van der Waals surface area (Å²) in [5, 5.41) is 12.1. The maximum atomic E-state index is 12.7. The van der Waals surface area contributed by atoms with Gasteiger partial charge in [-0.25, -0.2) is 13.8 Å². The van der Waals surface area contributed by atoms with Crippen molar-refractivity contribution < 1.29 is 32.0 Å². The molecule has 2 aromatic carbocycles. The summed E-state index contributed by atoms with van der Waals surface area (Å²) < 4.78 is 35.6. The lowest BCUT2D eigenvalue weighted by Crippen LogP contribution is -2.44. The van der Waals surface area contributed by atoms with Crippen molar-refractivity contribution in [2.75, 3.05) is 0 Å². The summed E-state index contributed by atoms with van der Waals surface area (Å²) in [4.78, 5) is 24.1. The van der Waals surface area contributed by atoms with Gasteiger partial charge < -0.3 is 15.2 Å². The number of hydrogen-bond acceptors (Lipinski definition) is 6. The fourth-order valence-electron chi connectivity index (χ4n) is 2.56. The molecule has 0 saturated carbocycles. The number of amides is 1. The minimum atomic E-state index is -4.42. The van der Waals surface area contributed by atoms with Gasteiger partial charge in [0, 0.05) is 0 Å². The molecule has 0 heterocycles. The lowest BCUT2D eigenvalue weighted by Gasteiger charge is -2.27. The first kappa shape index (κ1) is 23.4. The number of carboxylic acids is 1. The van der Waals surface area contributed by atoms with E-state index in [1.54, 1.807) is 70.2 Å². The van der Waals surface area contributed by atoms with E-state index in [0.29, 0.717) is 5.56 Å². The third-order valence-electron chi connectivity index (χ3n) is 3.92. The molecule has 2 aromatic rings. The number of ether oxygens (including phenoxy) is 1. The summed E-state index contributed by atoms with van der Waals surface area (Å²) in [6.45, 7) is 6.74. The fraction of sp³-hybridized carbons (Fsp3) is 0.333. The van der Waals surface area contributed by atoms with Gasteiger partial charge in [0.25, 0.3) is 10.1 Å². The van der Waals surface area contributed by atoms with Crippen LogP contribution in [-0.2, 0) is 23.8 Å². The molecule has 9 heteroatoms. The van der Waals surface area contributed by atoms with Gasteiger partial charge >= 0.3 is 12.1 Å². The Morgan fingerprint density at radius 2 is 1.57 bits per heavy atom. The Hall–Kier alpha value is -2.91. The van der Waals surface area contributed by atoms with Crippen LogP contribution in [0.15, 0.2) is 59.5 Å². The van der Waals surface area contributed by atoms with Crippen LogP contribution < -0.4 is 5.32 Å². The Morgan fingerprint density at radius 3 is 2.07 bits per heavy atom. The number of benzene rings is 2. The van der Waals surface area contributed by atoms with Crippen LogP contribution in [0.25, 0.3) is 0 Å². The zero-order valence-corrected chi connectivity index (χ0v) is 18.0. The number of rotatable bonds is 7. The number of nitrogens with one attached hydrogen (secondary N) is 1. The predicted molar refractivity (Wildman–Crippen MR) is 109 cm³/mol. The van der Waals surface area contributed by atoms with E-state index in [1.165, 1.54) is 12.1 Å². The van der Waals surface area contributed by atoms with Crippen molar-refractivity contribution in [2.45, 2.75) is 50.3 Å². The second kappa shape index (κ2) is 9.27. The molecule has 0 fully saturated rings. The SMILES string of the molecule is Cc1ccc(S(=O)(=O)O[C@@H](C(=O)O)[C@@H](NC(=O)OC(C)(C)C)c2ccccc2)cc1. The molecule has 0 saturated heterocycles. The summed E-state index contributed by atoms with van der Waals surface area (Å²) in [5.41, 5.74) is 0.339. The highest BCUT2D eigenvalue weighted by Crippen LogP contribution is 2.25. The van der Waals surface area contributed by atoms with Crippen molar-refractivity contribution in [1.29, 1.82) is 0 Å². The third kappa shape index (κ3) is 6.57. The van der Waals surface area contributed by atoms with Crippen molar-refractivity contribution in [3.8, 4) is 0 Å². The van der Waals surface area contributed by atoms with Gasteiger partial charge in [0.05, 0.1) is 10.9 Å². The van der Waals surface area contributed by atoms with Crippen LogP contribution in [-0.4, -0.2) is 37.3 Å². The molecule has 30 heavy (non-hydrogen) atoms. The maximum Gasteiger partial charge on any atom is 0.408 e. The van der Waals surface area contributed by atoms with Crippen LogP contribution in [0, 0.1) is 6.92 Å². The topological polar surface area (TPSA) is 119 Å². The molecule has 2 N–H and O–H groups in total. The summed E-state index contributed by atoms with van der Waals surface area (Å²) in [6.07, 6.45) is -2.83. The van der Waals surface area contributed by atoms with Gasteiger partial charge in [0.1, 0.15) is 5.60 Å². The van der Waals surface area contributed by atoms with E-state index >= 15 is 0 Å². The quantitative estimate of drug-likeness (QED) is 0.640. The van der Waals surface area contributed by atoms with Crippen LogP contribution in [0.1, 0.15) is 37.9 Å². The molecule has 0 aliphatic rings. The molecule has 0 aromatic heterocycles. The van der Waals surface area contributed by atoms with E-state index in [4.69, 9.17) is 8.92 Å². The number of carbonyl (C=O) groups excluding carboxylic acids is 1. The van der Waals surface area contributed by atoms with Crippen LogP contribution in [0.4, 0.5) is 4.79 Å². The number of alkyl carbamates (subject to hydrolysis) is 1. The molecule has 162 valence electrons. The van der Waals surface area contributed by atoms with Gasteiger partial charge in [0.15, 0.2) is 6.10 Å². The molecule has 0 radical (unpaired) electrons. The molecule has 0 aliphatic heterocycles. The lowest BCUT2D eigenvalue weighted by molar-refractivity contribution is -0.146. The maximum absolute atomic E-state index is 12.7. The van der Waals surface area contributed by atoms with Gasteiger partial charge in [-0.1, -0.05) is 48.0 Å². The van der Waals surface area contributed by atoms with Gasteiger partial charge in [-0.3, -0.25) is 0 Å². The van der Waals surface area contributed by atoms with Crippen molar-refractivity contribution in [2.24, 2.45) is 0 Å². The Balaban J connectivity index is 2.40. The molecule has 2 rings (SSSR count). The van der Waals surface area contributed by atoms with Crippen LogP contribution in [0.2, 0.25) is 0 Å². The molecular weight excluding hydrogens is 410 g/mol. The van der Waals surface area contributed by atoms with Gasteiger partial charge in [0.2, 0.25) is 0 Å². The summed E-state index contributed by atoms with van der Waals surface area (Å²) in [7, 11) is -4.42. The van der Waals surface area contributed by atoms with Gasteiger partial charge in [-0.2, -0.15) is 8.42 Å². The highest BCUT2D eigenvalue weighted by atomic mass is 32.2. The van der Waals surface area contributed by atoms with Gasteiger partial charge in [-0.05, 0) is 45.4 Å². The normalized spacial score (nSPS) is 13.9. The molecule has 2 atom stereocenters. The highest BCUT2D eigenvalue weighted by Gasteiger charge is 2.37. The number of carbonyl (C=O) groups is 2. The van der Waals surface area contributed by atoms with E-state index in [9.17, 15) is 23.1 Å². The largest absolute Gasteiger partial charge is 0.479 e. The standard InChI is InChI=1S/C21H25NO7S/c1-14-10-12-16(13-11-14)30(26,27)29-18(19(23)24)17(15-8-6-5-7-9-15)22-20(25)28-21(2,3)4/h5-13,17-18H,1-4H3,(H,22,25)(H,23,24)/t17-,18+/m0/s1. The zero-order chi connectivity index (χ0) is 22.5. The number of carboxylic acid groups (broad SMARTS) is 1. The highest BCUT2D eigenvalue weighted by molar-refractivity contribution is 7.86. The van der Waals surface area contributed by atoms with Crippen LogP contribution in [0.3, 0.4) is 0 Å². The first-order chi connectivity index (χ1) is 13.9. The van der Waals surface area contributed by atoms with E-state index < -0.39 is 39.9 Å². The fourth-order valence-corrected chi connectivity index (χ4v) is 3.61. The third-order valence-corrected chi connectivity index (χ3v) is 5.23. The van der Waals surface area contributed by atoms with Crippen molar-refractivity contribution in [1.82, 2.24) is 5.32 Å². The van der Waals surface area contributed by atoms with Crippen LogP contribution in [0.5, 0.6) is 0 Å². The van der Waals surface area contributed by atoms with E-state index in [-0.39, 0.29) is 4.90 Å². The molecule has 0 spiro atoms. The predicted octanol–water partition coefficient (Wildman–Crippen LogP) is 3.42. The molecule has 0 bridgehead atoms. The van der Waals surface area contributed by atoms with E-state index in [0.717, 1.165) is 5.56 Å². The summed E-state index contributed by atoms with van der Waals surface area (Å²) in [6, 6.07) is 12.5. The Bertz CT molecular complexity index is 980. The summed E-state index contributed by atoms with van der Waals surface area (Å²) in [5.74, 6) is -1.56. The monoisotopic (exact) mass is 435 g/mol. The number of aryl methyl sites for hydroxylation is 1. The van der Waals surface area contributed by atoms with Crippen molar-refractivity contribution in [3.05, 3.63) is 65.7 Å². The Labute approximate surface area is 176 Å². The minimum Gasteiger partial charge on any atom is -0.479 e. The number of hydrogen-bond donors (Lipinski definition) is 2. The average Bonchev–Trinajstić information content (AvgIpc) is 2.64. The molecule has 0 aliphatic carbocycles. The first-order valence-electron chi connectivity index (χ1n) is 9.16. The first-order valence-corrected chi connectivity index (χ1v) is 10.6. The van der Waals surface area contributed by atoms with E-state index in [1.807, 2.05) is 0 Å². The van der Waals surface area contributed by atoms with Crippen LogP contribution >= 0.6 is 0 Å². The molecule has 1 amide bonds. The van der Waals surface area contributed by atoms with Gasteiger partial charge in [-0.15, -0.1) is 0 Å². The Kier molecular flexibility index (Phi) is 7.22. The zero-order valence-electron chi connectivity index (χ0n) is 17.2. The second-order valence-electron chi connectivity index (χ2n) is 7.66. The molecule has 0 unspecified atom stereocenters. The average molecular weight is 435 g/mol. The smallest absolute Gasteiger partial charge is 0.408 e.